The number of H-pyrrole nitrogens is 1. The van der Waals surface area contributed by atoms with E-state index in [1.165, 1.54) is 17.5 Å². The number of nitrogens with two attached hydrogens (primary N) is 2. The Morgan fingerprint density at radius 2 is 1.51 bits per heavy atom. The third-order valence-corrected chi connectivity index (χ3v) is 10.6. The van der Waals surface area contributed by atoms with E-state index in [1.807, 2.05) is 24.3 Å². The number of amides is 4. The minimum absolute atomic E-state index is 0.198. The van der Waals surface area contributed by atoms with Gasteiger partial charge in [0.2, 0.25) is 17.7 Å². The number of aromatic amines is 1. The van der Waals surface area contributed by atoms with Crippen LogP contribution >= 0.6 is 0 Å². The normalized spacial score (nSPS) is 17.0. The third-order valence-electron chi connectivity index (χ3n) is 10.6. The highest BCUT2D eigenvalue weighted by molar-refractivity contribution is 5.99. The summed E-state index contributed by atoms with van der Waals surface area (Å²) in [6, 6.07) is 22.2. The van der Waals surface area contributed by atoms with Crippen LogP contribution in [0.1, 0.15) is 78.6 Å². The number of aryl methyl sites for hydroxylation is 1. The van der Waals surface area contributed by atoms with Gasteiger partial charge in [-0.25, -0.2) is 5.10 Å². The molecule has 4 atom stereocenters. The summed E-state index contributed by atoms with van der Waals surface area (Å²) in [4.78, 5) is 57.1. The van der Waals surface area contributed by atoms with Gasteiger partial charge < -0.3 is 41.8 Å². The first-order valence-corrected chi connectivity index (χ1v) is 20.6. The molecule has 0 radical (unpaired) electrons. The maximum Gasteiger partial charge on any atom is 0.251 e. The molecule has 0 saturated heterocycles. The number of benzene rings is 4. The van der Waals surface area contributed by atoms with Crippen molar-refractivity contribution in [1.82, 2.24) is 41.5 Å². The van der Waals surface area contributed by atoms with Gasteiger partial charge in [0.05, 0.1) is 6.04 Å². The van der Waals surface area contributed by atoms with Crippen LogP contribution in [-0.4, -0.2) is 94.6 Å². The quantitative estimate of drug-likeness (QED) is 0.0889. The third kappa shape index (κ3) is 10.8. The molecule has 1 aliphatic heterocycles. The highest BCUT2D eigenvalue weighted by Gasteiger charge is 2.35. The van der Waals surface area contributed by atoms with E-state index < -0.39 is 47.8 Å². The van der Waals surface area contributed by atoms with E-state index in [4.69, 9.17) is 20.9 Å². The molecule has 4 amide bonds. The van der Waals surface area contributed by atoms with E-state index >= 15 is 0 Å². The molecule has 0 fully saturated rings. The highest BCUT2D eigenvalue weighted by Crippen LogP contribution is 2.40. The Morgan fingerprint density at radius 3 is 2.13 bits per heavy atom. The van der Waals surface area contributed by atoms with Crippen molar-refractivity contribution in [2.45, 2.75) is 70.6 Å². The summed E-state index contributed by atoms with van der Waals surface area (Å²) in [7, 11) is 1.48. The number of unbranched alkanes of at least 4 members (excludes halogenated alkanes) is 1. The SMILES string of the molecule is CCCCc1ccc(-c2ccc(C(=O)N[C@@H](C)C(=O)N(C)[C@@H]3C(=O)N[C@@H](C)C(=O)N[C@H](c4nnn[nH]4)Cc4ccc(OCCN)c(c4)-c4cc3ccc4OCCN)cc2)cc1. The lowest BCUT2D eigenvalue weighted by Crippen LogP contribution is -2.53. The second kappa shape index (κ2) is 20.5. The number of rotatable bonds is 15. The van der Waals surface area contributed by atoms with Crippen molar-refractivity contribution in [2.75, 3.05) is 33.4 Å². The van der Waals surface area contributed by atoms with Crippen LogP contribution in [0.15, 0.2) is 84.9 Å². The average Bonchev–Trinajstić information content (AvgIpc) is 3.82. The fraction of sp³-hybridized carbons (Fsp3) is 0.356. The van der Waals surface area contributed by atoms with E-state index in [1.54, 1.807) is 50.2 Å². The Morgan fingerprint density at radius 1 is 0.869 bits per heavy atom. The molecule has 16 heteroatoms. The second-order valence-corrected chi connectivity index (χ2v) is 15.1. The summed E-state index contributed by atoms with van der Waals surface area (Å²) in [6.07, 6.45) is 3.57. The number of likely N-dealkylation sites (N-methyl/N-ethyl adjacent to an activating group) is 1. The molecule has 0 spiro atoms. The van der Waals surface area contributed by atoms with Crippen LogP contribution in [0, 0.1) is 0 Å². The lowest BCUT2D eigenvalue weighted by atomic mass is 9.93. The number of fused-ring (bicyclic) bond motifs is 5. The summed E-state index contributed by atoms with van der Waals surface area (Å²) in [5, 5.41) is 22.7. The van der Waals surface area contributed by atoms with Gasteiger partial charge in [-0.1, -0.05) is 61.9 Å². The Bertz CT molecular complexity index is 2280. The first-order valence-electron chi connectivity index (χ1n) is 20.6. The molecule has 320 valence electrons. The zero-order valence-electron chi connectivity index (χ0n) is 34.9. The smallest absolute Gasteiger partial charge is 0.251 e. The van der Waals surface area contributed by atoms with E-state index in [2.05, 4.69) is 67.8 Å². The number of nitrogens with zero attached hydrogens (tertiary/aromatic N) is 4. The summed E-state index contributed by atoms with van der Waals surface area (Å²) in [5.74, 6) is -0.912. The maximum absolute atomic E-state index is 14.4. The van der Waals surface area contributed by atoms with Gasteiger partial charge in [0, 0.05) is 43.2 Å². The predicted molar refractivity (Wildman–Crippen MR) is 230 cm³/mol. The van der Waals surface area contributed by atoms with E-state index in [-0.39, 0.29) is 32.7 Å². The monoisotopic (exact) mass is 830 g/mol. The predicted octanol–water partition coefficient (Wildman–Crippen LogP) is 3.79. The van der Waals surface area contributed by atoms with Crippen LogP contribution < -0.4 is 36.9 Å². The minimum atomic E-state index is -1.27. The molecule has 0 saturated carbocycles. The molecule has 4 bridgehead atoms. The number of carbonyl (C=O) groups excluding carboxylic acids is 4. The lowest BCUT2D eigenvalue weighted by Gasteiger charge is -2.32. The Labute approximate surface area is 355 Å². The van der Waals surface area contributed by atoms with Crippen LogP contribution in [0.3, 0.4) is 0 Å². The number of aromatic nitrogens is 4. The molecule has 61 heavy (non-hydrogen) atoms. The van der Waals surface area contributed by atoms with Crippen molar-refractivity contribution < 1.29 is 28.7 Å². The number of nitrogens with one attached hydrogen (secondary N) is 4. The van der Waals surface area contributed by atoms with Crippen molar-refractivity contribution in [2.24, 2.45) is 11.5 Å². The van der Waals surface area contributed by atoms with E-state index in [0.29, 0.717) is 39.6 Å². The summed E-state index contributed by atoms with van der Waals surface area (Å²) in [5.41, 5.74) is 17.7. The number of hydrogen-bond acceptors (Lipinski definition) is 11. The molecule has 0 unspecified atom stereocenters. The number of ether oxygens (including phenoxy) is 2. The number of tetrazole rings is 1. The number of carbonyl (C=O) groups is 4. The molecule has 1 aromatic heterocycles. The van der Waals surface area contributed by atoms with Gasteiger partial charge in [0.25, 0.3) is 5.91 Å². The molecule has 0 aliphatic carbocycles. The van der Waals surface area contributed by atoms with Crippen LogP contribution in [-0.2, 0) is 27.2 Å². The molecule has 2 heterocycles. The molecular formula is C45H54N10O6. The van der Waals surface area contributed by atoms with E-state index in [9.17, 15) is 19.2 Å². The molecule has 16 nitrogen and oxygen atoms in total. The van der Waals surface area contributed by atoms with Crippen molar-refractivity contribution >= 4 is 23.6 Å². The van der Waals surface area contributed by atoms with Gasteiger partial charge in [-0.2, -0.15) is 0 Å². The molecule has 6 rings (SSSR count). The van der Waals surface area contributed by atoms with Gasteiger partial charge in [-0.3, -0.25) is 19.2 Å². The average molecular weight is 831 g/mol. The van der Waals surface area contributed by atoms with Gasteiger partial charge in [0.15, 0.2) is 5.82 Å². The summed E-state index contributed by atoms with van der Waals surface area (Å²) >= 11 is 0. The van der Waals surface area contributed by atoms with Crippen molar-refractivity contribution in [1.29, 1.82) is 0 Å². The van der Waals surface area contributed by atoms with Crippen LogP contribution in [0.2, 0.25) is 0 Å². The minimum Gasteiger partial charge on any atom is -0.492 e. The zero-order chi connectivity index (χ0) is 43.5. The Balaban J connectivity index is 1.32. The van der Waals surface area contributed by atoms with E-state index in [0.717, 1.165) is 36.0 Å². The van der Waals surface area contributed by atoms with Crippen LogP contribution in [0.4, 0.5) is 0 Å². The largest absolute Gasteiger partial charge is 0.492 e. The molecule has 1 aliphatic rings. The molecular weight excluding hydrogens is 777 g/mol. The van der Waals surface area contributed by atoms with Crippen LogP contribution in [0.25, 0.3) is 22.3 Å². The van der Waals surface area contributed by atoms with Crippen molar-refractivity contribution in [3.05, 3.63) is 113 Å². The first-order chi connectivity index (χ1) is 29.5. The second-order valence-electron chi connectivity index (χ2n) is 15.1. The maximum atomic E-state index is 14.4. The first kappa shape index (κ1) is 43.9. The number of hydrogen-bond donors (Lipinski definition) is 6. The fourth-order valence-corrected chi connectivity index (χ4v) is 7.24. The standard InChI is InChI=1S/C45H54N10O6/c1-5-6-7-29-8-11-31(12-9-29)32-13-15-33(16-14-32)43(57)49-28(3)45(59)55(4)40-34-17-19-39(61-23-21-47)36(26-34)35-24-30(10-18-38(35)60-22-20-46)25-37(41-51-53-54-52-41)50-42(56)27(2)48-44(40)58/h8-19,24,26-28,37,40H,5-7,20-23,25,46-47H2,1-4H3,(H,48,58)(H,49,57)(H,50,56)(H,51,52,53,54)/t27-,28-,37-,40-/m0/s1. The van der Waals surface area contributed by atoms with Gasteiger partial charge in [0.1, 0.15) is 42.8 Å². The van der Waals surface area contributed by atoms with Crippen molar-refractivity contribution in [3.8, 4) is 33.8 Å². The summed E-state index contributed by atoms with van der Waals surface area (Å²) < 4.78 is 12.2. The van der Waals surface area contributed by atoms with Crippen molar-refractivity contribution in [3.63, 3.8) is 0 Å². The van der Waals surface area contributed by atoms with Crippen LogP contribution in [0.5, 0.6) is 11.5 Å². The van der Waals surface area contributed by atoms with Gasteiger partial charge in [-0.05, 0) is 101 Å². The zero-order valence-corrected chi connectivity index (χ0v) is 34.9. The molecule has 4 aromatic carbocycles. The summed E-state index contributed by atoms with van der Waals surface area (Å²) in [6.45, 7) is 6.18. The highest BCUT2D eigenvalue weighted by atomic mass is 16.5. The fourth-order valence-electron chi connectivity index (χ4n) is 7.24. The lowest BCUT2D eigenvalue weighted by molar-refractivity contribution is -0.141. The topological polar surface area (TPSA) is 233 Å². The Kier molecular flexibility index (Phi) is 14.8. The molecule has 5 aromatic rings. The van der Waals surface area contributed by atoms with Gasteiger partial charge >= 0.3 is 0 Å². The Hall–Kier alpha value is -6.65. The molecule has 8 N–H and O–H groups in total. The van der Waals surface area contributed by atoms with Gasteiger partial charge in [-0.15, -0.1) is 5.10 Å².